The number of ether oxygens (including phenoxy) is 1. The lowest BCUT2D eigenvalue weighted by molar-refractivity contribution is -0.130. The van der Waals surface area contributed by atoms with Crippen LogP contribution >= 0.6 is 0 Å². The van der Waals surface area contributed by atoms with Gasteiger partial charge in [0.2, 0.25) is 5.91 Å². The first-order chi connectivity index (χ1) is 9.61. The first-order valence-corrected chi connectivity index (χ1v) is 7.03. The molecule has 2 rings (SSSR count). The molecule has 0 radical (unpaired) electrons. The summed E-state index contributed by atoms with van der Waals surface area (Å²) < 4.78 is 5.39. The second-order valence-corrected chi connectivity index (χ2v) is 4.98. The molecule has 0 atom stereocenters. The summed E-state index contributed by atoms with van der Waals surface area (Å²) in [5, 5.41) is 10.2. The molecule has 5 nitrogen and oxygen atoms in total. The van der Waals surface area contributed by atoms with Crippen molar-refractivity contribution in [1.82, 2.24) is 9.80 Å². The van der Waals surface area contributed by atoms with Crippen molar-refractivity contribution >= 4 is 5.91 Å². The van der Waals surface area contributed by atoms with Crippen molar-refractivity contribution in [3.63, 3.8) is 0 Å². The third kappa shape index (κ3) is 3.42. The monoisotopic (exact) mass is 278 g/mol. The lowest BCUT2D eigenvalue weighted by Gasteiger charge is -2.34. The van der Waals surface area contributed by atoms with Gasteiger partial charge in [0.15, 0.2) is 11.5 Å². The largest absolute Gasteiger partial charge is 0.504 e. The molecule has 20 heavy (non-hydrogen) atoms. The molecule has 1 aliphatic heterocycles. The fraction of sp³-hybridized carbons (Fsp3) is 0.533. The Morgan fingerprint density at radius 1 is 1.30 bits per heavy atom. The molecule has 1 aromatic rings. The Hall–Kier alpha value is -1.75. The van der Waals surface area contributed by atoms with E-state index in [1.165, 1.54) is 0 Å². The quantitative estimate of drug-likeness (QED) is 0.906. The van der Waals surface area contributed by atoms with Gasteiger partial charge in [0.25, 0.3) is 0 Å². The Morgan fingerprint density at radius 2 is 2.00 bits per heavy atom. The van der Waals surface area contributed by atoms with Gasteiger partial charge in [-0.15, -0.1) is 0 Å². The Balaban J connectivity index is 1.97. The lowest BCUT2D eigenvalue weighted by atomic mass is 10.1. The average Bonchev–Trinajstić information content (AvgIpc) is 2.44. The summed E-state index contributed by atoms with van der Waals surface area (Å²) in [6.07, 6.45) is 0. The fourth-order valence-corrected chi connectivity index (χ4v) is 2.43. The molecule has 1 fully saturated rings. The van der Waals surface area contributed by atoms with E-state index in [1.807, 2.05) is 24.0 Å². The maximum absolute atomic E-state index is 11.3. The van der Waals surface area contributed by atoms with Crippen LogP contribution in [0.15, 0.2) is 18.2 Å². The van der Waals surface area contributed by atoms with Crippen molar-refractivity contribution in [2.45, 2.75) is 20.4 Å². The molecule has 0 aliphatic carbocycles. The van der Waals surface area contributed by atoms with Crippen molar-refractivity contribution in [3.05, 3.63) is 23.8 Å². The smallest absolute Gasteiger partial charge is 0.219 e. The van der Waals surface area contributed by atoms with Gasteiger partial charge in [-0.25, -0.2) is 0 Å². The number of para-hydroxylation sites is 1. The highest BCUT2D eigenvalue weighted by molar-refractivity contribution is 5.73. The number of carbonyl (C=O) groups excluding carboxylic acids is 1. The Morgan fingerprint density at radius 3 is 2.60 bits per heavy atom. The third-order valence-electron chi connectivity index (χ3n) is 3.59. The summed E-state index contributed by atoms with van der Waals surface area (Å²) in [6.45, 7) is 7.88. The first-order valence-electron chi connectivity index (χ1n) is 7.03. The molecular formula is C15H22N2O3. The van der Waals surface area contributed by atoms with E-state index in [0.717, 1.165) is 31.7 Å². The number of nitrogens with zero attached hydrogens (tertiary/aromatic N) is 2. The highest BCUT2D eigenvalue weighted by Crippen LogP contribution is 2.30. The second-order valence-electron chi connectivity index (χ2n) is 4.98. The highest BCUT2D eigenvalue weighted by atomic mass is 16.5. The third-order valence-corrected chi connectivity index (χ3v) is 3.59. The van der Waals surface area contributed by atoms with Crippen molar-refractivity contribution < 1.29 is 14.6 Å². The van der Waals surface area contributed by atoms with Gasteiger partial charge >= 0.3 is 0 Å². The van der Waals surface area contributed by atoms with Crippen LogP contribution in [0.2, 0.25) is 0 Å². The molecule has 0 unspecified atom stereocenters. The zero-order valence-electron chi connectivity index (χ0n) is 12.1. The van der Waals surface area contributed by atoms with E-state index >= 15 is 0 Å². The Kier molecular flexibility index (Phi) is 4.84. The van der Waals surface area contributed by atoms with Crippen LogP contribution in [0.1, 0.15) is 19.4 Å². The van der Waals surface area contributed by atoms with Crippen LogP contribution in [-0.4, -0.2) is 53.6 Å². The van der Waals surface area contributed by atoms with E-state index in [-0.39, 0.29) is 11.7 Å². The molecule has 0 saturated carbocycles. The van der Waals surface area contributed by atoms with Crippen LogP contribution in [0.5, 0.6) is 11.5 Å². The molecule has 1 N–H and O–H groups in total. The molecule has 0 spiro atoms. The number of phenolic OH excluding ortho intramolecular Hbond substituents is 1. The minimum atomic E-state index is 0.130. The van der Waals surface area contributed by atoms with Crippen molar-refractivity contribution in [1.29, 1.82) is 0 Å². The minimum Gasteiger partial charge on any atom is -0.504 e. The zero-order valence-corrected chi connectivity index (χ0v) is 12.1. The maximum atomic E-state index is 11.3. The highest BCUT2D eigenvalue weighted by Gasteiger charge is 2.20. The Labute approximate surface area is 119 Å². The molecular weight excluding hydrogens is 256 g/mol. The molecule has 1 amide bonds. The van der Waals surface area contributed by atoms with Crippen molar-refractivity contribution in [3.8, 4) is 11.5 Å². The van der Waals surface area contributed by atoms with Gasteiger partial charge in [0.05, 0.1) is 6.61 Å². The molecule has 1 aromatic carbocycles. The average molecular weight is 278 g/mol. The number of carbonyl (C=O) groups is 1. The maximum Gasteiger partial charge on any atom is 0.219 e. The zero-order chi connectivity index (χ0) is 14.5. The number of phenols is 1. The van der Waals surface area contributed by atoms with Crippen LogP contribution in [0.25, 0.3) is 0 Å². The predicted octanol–water partition coefficient (Wildman–Crippen LogP) is 1.45. The summed E-state index contributed by atoms with van der Waals surface area (Å²) in [5.74, 6) is 0.890. The van der Waals surface area contributed by atoms with Crippen LogP contribution in [0, 0.1) is 0 Å². The van der Waals surface area contributed by atoms with Crippen molar-refractivity contribution in [2.75, 3.05) is 32.8 Å². The summed E-state index contributed by atoms with van der Waals surface area (Å²) in [4.78, 5) is 15.4. The van der Waals surface area contributed by atoms with Crippen molar-refractivity contribution in [2.24, 2.45) is 0 Å². The molecule has 1 saturated heterocycles. The lowest BCUT2D eigenvalue weighted by Crippen LogP contribution is -2.47. The minimum absolute atomic E-state index is 0.130. The predicted molar refractivity (Wildman–Crippen MR) is 76.8 cm³/mol. The van der Waals surface area contributed by atoms with Gasteiger partial charge in [-0.2, -0.15) is 0 Å². The van der Waals surface area contributed by atoms with Gasteiger partial charge in [-0.1, -0.05) is 12.1 Å². The van der Waals surface area contributed by atoms with E-state index in [2.05, 4.69) is 4.90 Å². The van der Waals surface area contributed by atoms with Crippen LogP contribution in [-0.2, 0) is 11.3 Å². The van der Waals surface area contributed by atoms with Crippen LogP contribution < -0.4 is 4.74 Å². The van der Waals surface area contributed by atoms with Crippen LogP contribution in [0.4, 0.5) is 0 Å². The molecule has 1 aliphatic rings. The number of benzene rings is 1. The van der Waals surface area contributed by atoms with E-state index in [9.17, 15) is 9.90 Å². The molecule has 110 valence electrons. The topological polar surface area (TPSA) is 53.0 Å². The standard InChI is InChI=1S/C15H22N2O3/c1-3-20-14-6-4-5-13(15(14)19)11-16-7-9-17(10-8-16)12(2)18/h4-6,19H,3,7-11H2,1-2H3. The van der Waals surface area contributed by atoms with E-state index in [0.29, 0.717) is 18.9 Å². The summed E-state index contributed by atoms with van der Waals surface area (Å²) in [6, 6.07) is 5.58. The van der Waals surface area contributed by atoms with E-state index < -0.39 is 0 Å². The van der Waals surface area contributed by atoms with Crippen LogP contribution in [0.3, 0.4) is 0 Å². The molecule has 5 heteroatoms. The Bertz CT molecular complexity index is 468. The van der Waals surface area contributed by atoms with E-state index in [1.54, 1.807) is 13.0 Å². The van der Waals surface area contributed by atoms with Gasteiger partial charge < -0.3 is 14.7 Å². The summed E-state index contributed by atoms with van der Waals surface area (Å²) >= 11 is 0. The number of hydrogen-bond acceptors (Lipinski definition) is 4. The molecule has 0 aromatic heterocycles. The number of rotatable bonds is 4. The number of piperazine rings is 1. The number of hydrogen-bond donors (Lipinski definition) is 1. The van der Waals surface area contributed by atoms with Gasteiger partial charge in [-0.05, 0) is 13.0 Å². The van der Waals surface area contributed by atoms with Gasteiger partial charge in [-0.3, -0.25) is 9.69 Å². The fourth-order valence-electron chi connectivity index (χ4n) is 2.43. The normalized spacial score (nSPS) is 16.2. The second kappa shape index (κ2) is 6.61. The first kappa shape index (κ1) is 14.7. The van der Waals surface area contributed by atoms with Gasteiger partial charge in [0.1, 0.15) is 0 Å². The molecule has 0 bridgehead atoms. The molecule has 1 heterocycles. The summed E-state index contributed by atoms with van der Waals surface area (Å²) in [7, 11) is 0. The van der Waals surface area contributed by atoms with Gasteiger partial charge in [0, 0.05) is 45.2 Å². The SMILES string of the molecule is CCOc1cccc(CN2CCN(C(C)=O)CC2)c1O. The number of aromatic hydroxyl groups is 1. The summed E-state index contributed by atoms with van der Waals surface area (Å²) in [5.41, 5.74) is 0.868. The number of amides is 1. The van der Waals surface area contributed by atoms with E-state index in [4.69, 9.17) is 4.74 Å².